The number of piperidine rings is 1. The Morgan fingerprint density at radius 2 is 2.16 bits per heavy atom. The number of hydrogen-bond donors (Lipinski definition) is 2. The Labute approximate surface area is 151 Å². The molecular formula is C20H32N2O3. The number of nitrogens with one attached hydrogen (secondary N) is 1. The summed E-state index contributed by atoms with van der Waals surface area (Å²) in [7, 11) is 1.63. The summed E-state index contributed by atoms with van der Waals surface area (Å²) in [4.78, 5) is 2.34. The fraction of sp³-hybridized carbons (Fsp3) is 0.700. The van der Waals surface area contributed by atoms with Crippen LogP contribution in [0, 0.1) is 0 Å². The quantitative estimate of drug-likeness (QED) is 0.754. The van der Waals surface area contributed by atoms with E-state index in [2.05, 4.69) is 35.3 Å². The van der Waals surface area contributed by atoms with Crippen LogP contribution in [0.4, 0.5) is 0 Å². The molecule has 0 spiro atoms. The number of hydrogen-bond acceptors (Lipinski definition) is 5. The van der Waals surface area contributed by atoms with Gasteiger partial charge in [0.1, 0.15) is 5.75 Å². The van der Waals surface area contributed by atoms with Crippen molar-refractivity contribution in [2.24, 2.45) is 0 Å². The molecule has 2 aliphatic heterocycles. The number of nitrogens with zero attached hydrogens (tertiary/aromatic N) is 1. The smallest absolute Gasteiger partial charge is 0.122 e. The lowest BCUT2D eigenvalue weighted by molar-refractivity contribution is 0.0307. The monoisotopic (exact) mass is 348 g/mol. The molecule has 1 aromatic rings. The third-order valence-corrected chi connectivity index (χ3v) is 5.38. The molecule has 2 heterocycles. The Bertz CT molecular complexity index is 544. The molecule has 2 unspecified atom stereocenters. The average Bonchev–Trinajstić information content (AvgIpc) is 3.09. The van der Waals surface area contributed by atoms with E-state index >= 15 is 0 Å². The van der Waals surface area contributed by atoms with E-state index in [0.29, 0.717) is 25.2 Å². The van der Waals surface area contributed by atoms with Gasteiger partial charge in [0, 0.05) is 32.2 Å². The Hall–Kier alpha value is -1.14. The van der Waals surface area contributed by atoms with E-state index in [4.69, 9.17) is 9.47 Å². The lowest BCUT2D eigenvalue weighted by Crippen LogP contribution is -2.46. The van der Waals surface area contributed by atoms with Crippen LogP contribution in [0.1, 0.15) is 43.4 Å². The lowest BCUT2D eigenvalue weighted by atomic mass is 9.97. The van der Waals surface area contributed by atoms with E-state index in [1.54, 1.807) is 7.11 Å². The SMILES string of the molecule is CCC(NC1CCN(CC(O)COC)CC1)c1ccc2c(c1)CCO2. The van der Waals surface area contributed by atoms with E-state index < -0.39 is 0 Å². The van der Waals surface area contributed by atoms with Gasteiger partial charge in [0.2, 0.25) is 0 Å². The zero-order valence-corrected chi connectivity index (χ0v) is 15.5. The fourth-order valence-corrected chi connectivity index (χ4v) is 3.98. The van der Waals surface area contributed by atoms with Crippen molar-refractivity contribution in [2.75, 3.05) is 40.0 Å². The number of aliphatic hydroxyl groups excluding tert-OH is 1. The first kappa shape index (κ1) is 18.6. The maximum absolute atomic E-state index is 9.88. The molecule has 0 aromatic heterocycles. The van der Waals surface area contributed by atoms with E-state index in [1.165, 1.54) is 11.1 Å². The summed E-state index contributed by atoms with van der Waals surface area (Å²) in [6, 6.07) is 7.61. The maximum Gasteiger partial charge on any atom is 0.122 e. The van der Waals surface area contributed by atoms with E-state index in [9.17, 15) is 5.11 Å². The van der Waals surface area contributed by atoms with Gasteiger partial charge in [0.25, 0.3) is 0 Å². The molecule has 140 valence electrons. The van der Waals surface area contributed by atoms with Crippen LogP contribution in [0.3, 0.4) is 0 Å². The Balaban J connectivity index is 1.50. The number of benzene rings is 1. The third-order valence-electron chi connectivity index (χ3n) is 5.38. The molecule has 2 aliphatic rings. The Morgan fingerprint density at radius 3 is 2.88 bits per heavy atom. The number of aliphatic hydroxyl groups is 1. The van der Waals surface area contributed by atoms with Gasteiger partial charge in [-0.3, -0.25) is 0 Å². The highest BCUT2D eigenvalue weighted by molar-refractivity contribution is 5.40. The average molecular weight is 348 g/mol. The second-order valence-corrected chi connectivity index (χ2v) is 7.28. The van der Waals surface area contributed by atoms with Crippen LogP contribution in [0.15, 0.2) is 18.2 Å². The summed E-state index contributed by atoms with van der Waals surface area (Å²) in [6.07, 6.45) is 3.99. The van der Waals surface area contributed by atoms with Gasteiger partial charge >= 0.3 is 0 Å². The summed E-state index contributed by atoms with van der Waals surface area (Å²) in [5.74, 6) is 1.06. The molecule has 3 rings (SSSR count). The van der Waals surface area contributed by atoms with Crippen molar-refractivity contribution < 1.29 is 14.6 Å². The Kier molecular flexibility index (Phi) is 6.70. The van der Waals surface area contributed by atoms with Crippen molar-refractivity contribution >= 4 is 0 Å². The predicted molar refractivity (Wildman–Crippen MR) is 99.2 cm³/mol. The normalized spacial score (nSPS) is 20.9. The minimum Gasteiger partial charge on any atom is -0.493 e. The van der Waals surface area contributed by atoms with Crippen molar-refractivity contribution in [2.45, 2.75) is 50.8 Å². The van der Waals surface area contributed by atoms with E-state index in [1.807, 2.05) is 0 Å². The van der Waals surface area contributed by atoms with Crippen LogP contribution >= 0.6 is 0 Å². The fourth-order valence-electron chi connectivity index (χ4n) is 3.98. The van der Waals surface area contributed by atoms with Crippen LogP contribution in [0.2, 0.25) is 0 Å². The number of β-amino-alcohol motifs (C(OH)–C–C–N with tert-alkyl or cyclic N) is 1. The van der Waals surface area contributed by atoms with Crippen LogP contribution < -0.4 is 10.1 Å². The first-order valence-corrected chi connectivity index (χ1v) is 9.60. The molecule has 0 radical (unpaired) electrons. The summed E-state index contributed by atoms with van der Waals surface area (Å²) < 4.78 is 10.6. The van der Waals surface area contributed by atoms with Gasteiger partial charge in [-0.2, -0.15) is 0 Å². The van der Waals surface area contributed by atoms with Crippen LogP contribution in [0.5, 0.6) is 5.75 Å². The molecule has 0 bridgehead atoms. The molecule has 0 amide bonds. The van der Waals surface area contributed by atoms with Crippen molar-refractivity contribution in [1.29, 1.82) is 0 Å². The standard InChI is InChI=1S/C20H32N2O3/c1-3-19(15-4-5-20-16(12-15)8-11-25-20)21-17-6-9-22(10-7-17)13-18(23)14-24-2/h4-5,12,17-19,21,23H,3,6-11,13-14H2,1-2H3. The largest absolute Gasteiger partial charge is 0.493 e. The second-order valence-electron chi connectivity index (χ2n) is 7.28. The molecule has 25 heavy (non-hydrogen) atoms. The van der Waals surface area contributed by atoms with Crippen molar-refractivity contribution in [3.8, 4) is 5.75 Å². The van der Waals surface area contributed by atoms with Gasteiger partial charge in [-0.1, -0.05) is 19.1 Å². The van der Waals surface area contributed by atoms with Gasteiger partial charge in [0.15, 0.2) is 0 Å². The van der Waals surface area contributed by atoms with Crippen LogP contribution in [0.25, 0.3) is 0 Å². The molecule has 2 N–H and O–H groups in total. The van der Waals surface area contributed by atoms with Gasteiger partial charge in [0.05, 0.1) is 19.3 Å². The van der Waals surface area contributed by atoms with E-state index in [0.717, 1.165) is 51.1 Å². The predicted octanol–water partition coefficient (Wildman–Crippen LogP) is 2.13. The molecule has 1 aromatic carbocycles. The third kappa shape index (κ3) is 4.94. The van der Waals surface area contributed by atoms with Gasteiger partial charge in [-0.05, 0) is 49.5 Å². The number of rotatable bonds is 8. The summed E-state index contributed by atoms with van der Waals surface area (Å²) in [5.41, 5.74) is 2.73. The molecular weight excluding hydrogens is 316 g/mol. The first-order valence-electron chi connectivity index (χ1n) is 9.60. The van der Waals surface area contributed by atoms with Gasteiger partial charge in [-0.25, -0.2) is 0 Å². The van der Waals surface area contributed by atoms with Crippen LogP contribution in [-0.4, -0.2) is 62.1 Å². The first-order chi connectivity index (χ1) is 12.2. The Morgan fingerprint density at radius 1 is 1.36 bits per heavy atom. The maximum atomic E-state index is 9.88. The van der Waals surface area contributed by atoms with Crippen molar-refractivity contribution in [1.82, 2.24) is 10.2 Å². The molecule has 5 nitrogen and oxygen atoms in total. The van der Waals surface area contributed by atoms with Crippen molar-refractivity contribution in [3.05, 3.63) is 29.3 Å². The number of fused-ring (bicyclic) bond motifs is 1. The highest BCUT2D eigenvalue weighted by Crippen LogP contribution is 2.29. The highest BCUT2D eigenvalue weighted by atomic mass is 16.5. The number of ether oxygens (including phenoxy) is 2. The number of likely N-dealkylation sites (tertiary alicyclic amines) is 1. The molecule has 1 fully saturated rings. The zero-order chi connectivity index (χ0) is 17.6. The number of methoxy groups -OCH3 is 1. The zero-order valence-electron chi connectivity index (χ0n) is 15.5. The van der Waals surface area contributed by atoms with Crippen molar-refractivity contribution in [3.63, 3.8) is 0 Å². The summed E-state index contributed by atoms with van der Waals surface area (Å²) in [6.45, 7) is 6.26. The summed E-state index contributed by atoms with van der Waals surface area (Å²) >= 11 is 0. The van der Waals surface area contributed by atoms with Gasteiger partial charge in [-0.15, -0.1) is 0 Å². The second kappa shape index (κ2) is 8.99. The minimum atomic E-state index is -0.383. The molecule has 5 heteroatoms. The topological polar surface area (TPSA) is 54.0 Å². The highest BCUT2D eigenvalue weighted by Gasteiger charge is 2.24. The molecule has 0 saturated carbocycles. The van der Waals surface area contributed by atoms with Crippen LogP contribution in [-0.2, 0) is 11.2 Å². The minimum absolute atomic E-state index is 0.383. The molecule has 0 aliphatic carbocycles. The van der Waals surface area contributed by atoms with E-state index in [-0.39, 0.29) is 6.10 Å². The molecule has 2 atom stereocenters. The van der Waals surface area contributed by atoms with Gasteiger partial charge < -0.3 is 24.8 Å². The lowest BCUT2D eigenvalue weighted by Gasteiger charge is -2.35. The molecule has 1 saturated heterocycles. The summed E-state index contributed by atoms with van der Waals surface area (Å²) in [5, 5.41) is 13.7.